The van der Waals surface area contributed by atoms with Gasteiger partial charge in [0.05, 0.1) is 5.56 Å². The third-order valence-electron chi connectivity index (χ3n) is 9.71. The minimum atomic E-state index is -4.56. The van der Waals surface area contributed by atoms with Gasteiger partial charge in [-0.15, -0.1) is 0 Å². The molecule has 0 amide bonds. The largest absolute Gasteiger partial charge is 0.505 e. The first-order valence-corrected chi connectivity index (χ1v) is 11.5. The highest BCUT2D eigenvalue weighted by atomic mass is 19.3. The van der Waals surface area contributed by atoms with Gasteiger partial charge in [-0.1, -0.05) is 6.92 Å². The van der Waals surface area contributed by atoms with Crippen molar-refractivity contribution in [2.75, 3.05) is 0 Å². The minimum absolute atomic E-state index is 0.129. The number of hydrogen-bond acceptors (Lipinski definition) is 2. The first-order valence-electron chi connectivity index (χ1n) is 11.5. The average molecular weight is 480 g/mol. The summed E-state index contributed by atoms with van der Waals surface area (Å²) in [6.45, 7) is 2.15. The van der Waals surface area contributed by atoms with E-state index in [2.05, 4.69) is 6.92 Å². The molecule has 1 unspecified atom stereocenters. The van der Waals surface area contributed by atoms with Crippen LogP contribution in [0.1, 0.15) is 76.7 Å². The molecule has 33 heavy (non-hydrogen) atoms. The summed E-state index contributed by atoms with van der Waals surface area (Å²) >= 11 is 0. The molecule has 6 saturated carbocycles. The molecule has 2 nitrogen and oxygen atoms in total. The highest BCUT2D eigenvalue weighted by molar-refractivity contribution is 5.32. The molecule has 6 aliphatic carbocycles. The second kappa shape index (κ2) is 6.79. The van der Waals surface area contributed by atoms with Crippen LogP contribution in [0.25, 0.3) is 0 Å². The van der Waals surface area contributed by atoms with Crippen LogP contribution < -0.4 is 0 Å². The molecule has 6 fully saturated rings. The monoisotopic (exact) mass is 480 g/mol. The van der Waals surface area contributed by atoms with Gasteiger partial charge in [0.25, 0.3) is 5.92 Å². The maximum atomic E-state index is 15.8. The van der Waals surface area contributed by atoms with E-state index in [1.165, 1.54) is 0 Å². The van der Waals surface area contributed by atoms with E-state index in [4.69, 9.17) is 4.74 Å². The summed E-state index contributed by atoms with van der Waals surface area (Å²) in [4.78, 5) is 0. The zero-order chi connectivity index (χ0) is 24.1. The highest BCUT2D eigenvalue weighted by Gasteiger charge is 2.79. The van der Waals surface area contributed by atoms with Gasteiger partial charge in [0.2, 0.25) is 5.82 Å². The quantitative estimate of drug-likeness (QED) is 0.456. The van der Waals surface area contributed by atoms with Gasteiger partial charge in [0, 0.05) is 5.41 Å². The topological polar surface area (TPSA) is 29.5 Å². The summed E-state index contributed by atoms with van der Waals surface area (Å²) in [6, 6.07) is 0.918. The smallest absolute Gasteiger partial charge is 0.386 e. The molecule has 0 heterocycles. The summed E-state index contributed by atoms with van der Waals surface area (Å²) in [5.41, 5.74) is -6.28. The van der Waals surface area contributed by atoms with Crippen LogP contribution in [0, 0.1) is 27.9 Å². The fourth-order valence-corrected chi connectivity index (χ4v) is 7.46. The maximum Gasteiger partial charge on any atom is 0.386 e. The van der Waals surface area contributed by atoms with E-state index in [0.29, 0.717) is 31.4 Å². The standard InChI is InChI=1S/C24H27F7O2/c1-19-4-7-20(8-5-19,9-6-19)22-12-10-21(11-13-22,18(27)23(22,28)29)33-24(30,31)14-2-3-15(32)17(26)16(14)25/h2-3,18,32H,4-13H2,1H3. The lowest BCUT2D eigenvalue weighted by Gasteiger charge is -2.69. The molecule has 1 aromatic rings. The van der Waals surface area contributed by atoms with Crippen LogP contribution in [-0.4, -0.2) is 22.8 Å². The van der Waals surface area contributed by atoms with Gasteiger partial charge in [-0.05, 0) is 87.2 Å². The van der Waals surface area contributed by atoms with Crippen molar-refractivity contribution in [1.29, 1.82) is 0 Å². The van der Waals surface area contributed by atoms with Crippen LogP contribution >= 0.6 is 0 Å². The van der Waals surface area contributed by atoms with Gasteiger partial charge < -0.3 is 9.84 Å². The Kier molecular flexibility index (Phi) is 4.78. The van der Waals surface area contributed by atoms with Crippen molar-refractivity contribution in [3.05, 3.63) is 29.3 Å². The average Bonchev–Trinajstić information content (AvgIpc) is 2.76. The molecule has 4 bridgehead atoms. The lowest BCUT2D eigenvalue weighted by molar-refractivity contribution is -0.394. The lowest BCUT2D eigenvalue weighted by Crippen LogP contribution is -2.73. The molecule has 1 aromatic carbocycles. The molecular weight excluding hydrogens is 453 g/mol. The first-order chi connectivity index (χ1) is 15.2. The maximum absolute atomic E-state index is 15.8. The molecule has 0 aliphatic heterocycles. The van der Waals surface area contributed by atoms with Gasteiger partial charge in [-0.25, -0.2) is 17.6 Å². The molecule has 1 atom stereocenters. The van der Waals surface area contributed by atoms with Gasteiger partial charge in [0.15, 0.2) is 17.7 Å². The Hall–Kier alpha value is -1.51. The summed E-state index contributed by atoms with van der Waals surface area (Å²) < 4.78 is 110. The van der Waals surface area contributed by atoms with Crippen molar-refractivity contribution in [3.63, 3.8) is 0 Å². The van der Waals surface area contributed by atoms with Gasteiger partial charge in [0.1, 0.15) is 5.60 Å². The van der Waals surface area contributed by atoms with Gasteiger partial charge >= 0.3 is 6.11 Å². The zero-order valence-electron chi connectivity index (χ0n) is 18.3. The van der Waals surface area contributed by atoms with E-state index in [1.807, 2.05) is 0 Å². The van der Waals surface area contributed by atoms with Crippen molar-refractivity contribution in [1.82, 2.24) is 0 Å². The number of benzene rings is 1. The number of aromatic hydroxyl groups is 1. The molecule has 9 heteroatoms. The van der Waals surface area contributed by atoms with Crippen molar-refractivity contribution in [2.45, 2.75) is 94.9 Å². The van der Waals surface area contributed by atoms with E-state index < -0.39 is 57.6 Å². The van der Waals surface area contributed by atoms with Crippen molar-refractivity contribution >= 4 is 0 Å². The van der Waals surface area contributed by atoms with E-state index in [9.17, 15) is 22.7 Å². The predicted octanol–water partition coefficient (Wildman–Crippen LogP) is 7.38. The summed E-state index contributed by atoms with van der Waals surface area (Å²) in [5.74, 6) is -9.05. The van der Waals surface area contributed by atoms with Crippen LogP contribution in [0.4, 0.5) is 30.7 Å². The fraction of sp³-hybridized carbons (Fsp3) is 0.750. The van der Waals surface area contributed by atoms with E-state index in [0.717, 1.165) is 19.3 Å². The van der Waals surface area contributed by atoms with Crippen molar-refractivity contribution in [2.24, 2.45) is 16.2 Å². The van der Waals surface area contributed by atoms with Crippen LogP contribution in [0.3, 0.4) is 0 Å². The Labute approximate surface area is 187 Å². The molecule has 6 aliphatic rings. The Morgan fingerprint density at radius 3 is 1.97 bits per heavy atom. The number of alkyl halides is 5. The molecule has 0 saturated heterocycles. The molecule has 1 N–H and O–H groups in total. The predicted molar refractivity (Wildman–Crippen MR) is 105 cm³/mol. The number of hydrogen-bond donors (Lipinski definition) is 1. The Morgan fingerprint density at radius 1 is 0.879 bits per heavy atom. The number of rotatable bonds is 4. The molecule has 0 spiro atoms. The molecule has 184 valence electrons. The third kappa shape index (κ3) is 2.89. The summed E-state index contributed by atoms with van der Waals surface area (Å²) in [6.07, 6.45) is -4.43. The van der Waals surface area contributed by atoms with E-state index >= 15 is 13.2 Å². The van der Waals surface area contributed by atoms with Crippen LogP contribution in [0.2, 0.25) is 0 Å². The van der Waals surface area contributed by atoms with Gasteiger partial charge in [-0.2, -0.15) is 13.2 Å². The van der Waals surface area contributed by atoms with Crippen molar-refractivity contribution in [3.8, 4) is 5.75 Å². The Balaban J connectivity index is 1.47. The lowest BCUT2D eigenvalue weighted by atomic mass is 9.38. The number of phenolic OH excluding ortho intramolecular Hbond substituents is 1. The second-order valence-corrected chi connectivity index (χ2v) is 11.1. The number of phenols is 1. The highest BCUT2D eigenvalue weighted by Crippen LogP contribution is 2.75. The minimum Gasteiger partial charge on any atom is -0.505 e. The first kappa shape index (κ1) is 23.2. The molecule has 7 rings (SSSR count). The fourth-order valence-electron chi connectivity index (χ4n) is 7.46. The number of ether oxygens (including phenoxy) is 1. The third-order valence-corrected chi connectivity index (χ3v) is 9.71. The number of fused-ring (bicyclic) bond motifs is 6. The SMILES string of the molecule is CC12CCC(C34CCC(OC(F)(F)c5ccc(O)c(F)c5F)(CC3)C(F)C4(F)F)(CC1)CC2. The molecular formula is C24H27F7O2. The second-order valence-electron chi connectivity index (χ2n) is 11.1. The van der Waals surface area contributed by atoms with E-state index in [1.54, 1.807) is 0 Å². The van der Waals surface area contributed by atoms with Crippen LogP contribution in [0.15, 0.2) is 12.1 Å². The van der Waals surface area contributed by atoms with Crippen LogP contribution in [-0.2, 0) is 10.8 Å². The zero-order valence-corrected chi connectivity index (χ0v) is 18.3. The summed E-state index contributed by atoms with van der Waals surface area (Å²) in [7, 11) is 0. The number of halogens is 7. The van der Waals surface area contributed by atoms with Gasteiger partial charge in [-0.3, -0.25) is 0 Å². The van der Waals surface area contributed by atoms with Crippen LogP contribution in [0.5, 0.6) is 5.75 Å². The van der Waals surface area contributed by atoms with E-state index in [-0.39, 0.29) is 31.1 Å². The molecule has 0 radical (unpaired) electrons. The Bertz CT molecular complexity index is 943. The Morgan fingerprint density at radius 2 is 1.42 bits per heavy atom. The normalized spacial score (nSPS) is 42.0. The summed E-state index contributed by atoms with van der Waals surface area (Å²) in [5, 5.41) is 9.18. The van der Waals surface area contributed by atoms with Crippen molar-refractivity contribution < 1.29 is 40.6 Å². The molecule has 0 aromatic heterocycles.